The Kier molecular flexibility index (Phi) is 4.46. The van der Waals surface area contributed by atoms with Gasteiger partial charge in [-0.3, -0.25) is 0 Å². The molecule has 9 heteroatoms. The van der Waals surface area contributed by atoms with Gasteiger partial charge in [-0.1, -0.05) is 6.07 Å². The first kappa shape index (κ1) is 16.6. The smallest absolute Gasteiger partial charge is 0.416 e. The molecule has 128 valence electrons. The number of nitrogens with zero attached hydrogens (tertiary/aromatic N) is 4. The van der Waals surface area contributed by atoms with Crippen molar-refractivity contribution in [3.8, 4) is 28.9 Å². The molecule has 0 atom stereocenters. The van der Waals surface area contributed by atoms with Crippen LogP contribution in [0.15, 0.2) is 48.8 Å². The molecule has 2 aromatic heterocycles. The third kappa shape index (κ3) is 4.00. The molecular weight excluding hydrogens is 337 g/mol. The molecule has 0 radical (unpaired) electrons. The van der Waals surface area contributed by atoms with Gasteiger partial charge >= 0.3 is 12.2 Å². The van der Waals surface area contributed by atoms with E-state index in [1.54, 1.807) is 12.1 Å². The van der Waals surface area contributed by atoms with E-state index < -0.39 is 11.7 Å². The van der Waals surface area contributed by atoms with Crippen LogP contribution in [0.2, 0.25) is 0 Å². The summed E-state index contributed by atoms with van der Waals surface area (Å²) in [4.78, 5) is 7.94. The number of hydrogen-bond acceptors (Lipinski definition) is 6. The number of rotatable bonds is 4. The van der Waals surface area contributed by atoms with Crippen LogP contribution in [0.1, 0.15) is 5.56 Å². The van der Waals surface area contributed by atoms with E-state index in [0.717, 1.165) is 12.1 Å². The highest BCUT2D eigenvalue weighted by Gasteiger charge is 2.30. The fourth-order valence-corrected chi connectivity index (χ4v) is 1.93. The Morgan fingerprint density at radius 3 is 2.32 bits per heavy atom. The molecule has 0 bridgehead atoms. The highest BCUT2D eigenvalue weighted by molar-refractivity contribution is 5.56. The molecule has 0 saturated carbocycles. The minimum atomic E-state index is -4.45. The van der Waals surface area contributed by atoms with Crippen molar-refractivity contribution in [3.05, 3.63) is 54.4 Å². The van der Waals surface area contributed by atoms with Crippen LogP contribution >= 0.6 is 0 Å². The molecule has 0 unspecified atom stereocenters. The quantitative estimate of drug-likeness (QED) is 0.715. The molecule has 3 aromatic rings. The van der Waals surface area contributed by atoms with Gasteiger partial charge in [-0.25, -0.2) is 9.97 Å². The van der Waals surface area contributed by atoms with Gasteiger partial charge in [0.1, 0.15) is 5.75 Å². The largest absolute Gasteiger partial charge is 0.480 e. The van der Waals surface area contributed by atoms with Crippen molar-refractivity contribution in [2.75, 3.05) is 7.11 Å². The standard InChI is InChI=1S/C16H11F3N4O2/c1-24-14-6-5-13(22-23-14)10-8-20-15(21-9-10)25-12-4-2-3-11(7-12)16(17,18)19/h2-9H,1H3. The minimum absolute atomic E-state index is 0.00758. The molecule has 25 heavy (non-hydrogen) atoms. The minimum Gasteiger partial charge on any atom is -0.480 e. The summed E-state index contributed by atoms with van der Waals surface area (Å²) in [6.45, 7) is 0. The van der Waals surface area contributed by atoms with Crippen LogP contribution in [-0.2, 0) is 6.18 Å². The first-order chi connectivity index (χ1) is 12.0. The van der Waals surface area contributed by atoms with Crippen LogP contribution in [0.4, 0.5) is 13.2 Å². The predicted octanol–water partition coefficient (Wildman–Crippen LogP) is 3.75. The summed E-state index contributed by atoms with van der Waals surface area (Å²) in [6, 6.07) is 7.71. The van der Waals surface area contributed by atoms with Gasteiger partial charge in [0, 0.05) is 24.0 Å². The molecule has 0 fully saturated rings. The summed E-state index contributed by atoms with van der Waals surface area (Å²) in [6.07, 6.45) is -1.57. The third-order valence-electron chi connectivity index (χ3n) is 3.14. The Labute approximate surface area is 140 Å². The van der Waals surface area contributed by atoms with Crippen molar-refractivity contribution in [3.63, 3.8) is 0 Å². The van der Waals surface area contributed by atoms with Gasteiger partial charge in [0.25, 0.3) is 0 Å². The zero-order chi connectivity index (χ0) is 17.9. The van der Waals surface area contributed by atoms with Gasteiger partial charge in [-0.05, 0) is 24.3 Å². The highest BCUT2D eigenvalue weighted by atomic mass is 19.4. The second-order valence-electron chi connectivity index (χ2n) is 4.84. The molecule has 3 rings (SSSR count). The van der Waals surface area contributed by atoms with Gasteiger partial charge < -0.3 is 9.47 Å². The van der Waals surface area contributed by atoms with Gasteiger partial charge in [-0.2, -0.15) is 13.2 Å². The van der Waals surface area contributed by atoms with Crippen LogP contribution < -0.4 is 9.47 Å². The van der Waals surface area contributed by atoms with Crippen molar-refractivity contribution in [2.45, 2.75) is 6.18 Å². The molecule has 6 nitrogen and oxygen atoms in total. The Hall–Kier alpha value is -3.23. The number of halogens is 3. The van der Waals surface area contributed by atoms with Crippen molar-refractivity contribution in [1.29, 1.82) is 0 Å². The maximum atomic E-state index is 12.7. The Balaban J connectivity index is 1.76. The van der Waals surface area contributed by atoms with Crippen LogP contribution in [0.3, 0.4) is 0 Å². The summed E-state index contributed by atoms with van der Waals surface area (Å²) in [5, 5.41) is 7.78. The maximum Gasteiger partial charge on any atom is 0.416 e. The molecule has 2 heterocycles. The molecule has 0 N–H and O–H groups in total. The van der Waals surface area contributed by atoms with E-state index >= 15 is 0 Å². The van der Waals surface area contributed by atoms with E-state index in [2.05, 4.69) is 20.2 Å². The maximum absolute atomic E-state index is 12.7. The SMILES string of the molecule is COc1ccc(-c2cnc(Oc3cccc(C(F)(F)F)c3)nc2)nn1. The molecule has 0 aliphatic carbocycles. The third-order valence-corrected chi connectivity index (χ3v) is 3.14. The fourth-order valence-electron chi connectivity index (χ4n) is 1.93. The van der Waals surface area contributed by atoms with Gasteiger partial charge in [0.05, 0.1) is 18.4 Å². The lowest BCUT2D eigenvalue weighted by molar-refractivity contribution is -0.137. The average molecular weight is 348 g/mol. The van der Waals surface area contributed by atoms with Gasteiger partial charge in [-0.15, -0.1) is 10.2 Å². The molecular formula is C16H11F3N4O2. The topological polar surface area (TPSA) is 70.0 Å². The number of ether oxygens (including phenoxy) is 2. The number of methoxy groups -OCH3 is 1. The van der Waals surface area contributed by atoms with Crippen LogP contribution in [0.5, 0.6) is 17.6 Å². The fraction of sp³-hybridized carbons (Fsp3) is 0.125. The molecule has 0 saturated heterocycles. The van der Waals surface area contributed by atoms with Gasteiger partial charge in [0.2, 0.25) is 5.88 Å². The lowest BCUT2D eigenvalue weighted by atomic mass is 10.2. The predicted molar refractivity (Wildman–Crippen MR) is 81.1 cm³/mol. The number of hydrogen-bond donors (Lipinski definition) is 0. The highest BCUT2D eigenvalue weighted by Crippen LogP contribution is 2.32. The Morgan fingerprint density at radius 1 is 0.960 bits per heavy atom. The summed E-state index contributed by atoms with van der Waals surface area (Å²) in [5.41, 5.74) is 0.285. The lowest BCUT2D eigenvalue weighted by Gasteiger charge is -2.09. The van der Waals surface area contributed by atoms with E-state index in [-0.39, 0.29) is 11.8 Å². The number of benzene rings is 1. The number of alkyl halides is 3. The monoisotopic (exact) mass is 348 g/mol. The first-order valence-electron chi connectivity index (χ1n) is 7.01. The zero-order valence-corrected chi connectivity index (χ0v) is 12.9. The first-order valence-corrected chi connectivity index (χ1v) is 7.01. The molecule has 0 aliphatic rings. The van der Waals surface area contributed by atoms with Crippen molar-refractivity contribution in [2.24, 2.45) is 0 Å². The van der Waals surface area contributed by atoms with Crippen LogP contribution in [0, 0.1) is 0 Å². The van der Waals surface area contributed by atoms with E-state index in [1.807, 2.05) is 0 Å². The van der Waals surface area contributed by atoms with E-state index in [4.69, 9.17) is 9.47 Å². The Morgan fingerprint density at radius 2 is 1.72 bits per heavy atom. The van der Waals surface area contributed by atoms with Crippen molar-refractivity contribution in [1.82, 2.24) is 20.2 Å². The second-order valence-corrected chi connectivity index (χ2v) is 4.84. The zero-order valence-electron chi connectivity index (χ0n) is 12.9. The van der Waals surface area contributed by atoms with Gasteiger partial charge in [0.15, 0.2) is 0 Å². The Bertz CT molecular complexity index is 853. The van der Waals surface area contributed by atoms with E-state index in [1.165, 1.54) is 31.6 Å². The summed E-state index contributed by atoms with van der Waals surface area (Å²) in [7, 11) is 1.48. The summed E-state index contributed by atoms with van der Waals surface area (Å²) in [5.74, 6) is 0.362. The van der Waals surface area contributed by atoms with Crippen LogP contribution in [0.25, 0.3) is 11.3 Å². The van der Waals surface area contributed by atoms with E-state index in [9.17, 15) is 13.2 Å². The summed E-state index contributed by atoms with van der Waals surface area (Å²) < 4.78 is 48.3. The number of aromatic nitrogens is 4. The van der Waals surface area contributed by atoms with E-state index in [0.29, 0.717) is 17.1 Å². The molecule has 0 spiro atoms. The lowest BCUT2D eigenvalue weighted by Crippen LogP contribution is -2.04. The second kappa shape index (κ2) is 6.71. The molecule has 0 amide bonds. The molecule has 0 aliphatic heterocycles. The van der Waals surface area contributed by atoms with Crippen molar-refractivity contribution >= 4 is 0 Å². The van der Waals surface area contributed by atoms with Crippen molar-refractivity contribution < 1.29 is 22.6 Å². The van der Waals surface area contributed by atoms with Crippen LogP contribution in [-0.4, -0.2) is 27.3 Å². The molecule has 1 aromatic carbocycles. The summed E-state index contributed by atoms with van der Waals surface area (Å²) >= 11 is 0. The average Bonchev–Trinajstić information content (AvgIpc) is 2.62. The normalized spacial score (nSPS) is 11.2.